The number of amides is 1. The van der Waals surface area contributed by atoms with Crippen molar-refractivity contribution in [3.8, 4) is 0 Å². The number of hydrogen-bond donors (Lipinski definition) is 2. The average Bonchev–Trinajstić information content (AvgIpc) is 3.04. The Hall–Kier alpha value is -0.960. The molecule has 2 aliphatic rings. The molecule has 2 aliphatic heterocycles. The predicted molar refractivity (Wildman–Crippen MR) is 80.7 cm³/mol. The molecule has 6 nitrogen and oxygen atoms in total. The summed E-state index contributed by atoms with van der Waals surface area (Å²) in [4.78, 5) is 14.3. The third kappa shape index (κ3) is 3.13. The molecule has 0 aromatic carbocycles. The zero-order valence-corrected chi connectivity index (χ0v) is 13.3. The summed E-state index contributed by atoms with van der Waals surface area (Å²) in [7, 11) is -3.57. The van der Waals surface area contributed by atoms with Gasteiger partial charge in [0.15, 0.2) is 0 Å². The standard InChI is InChI=1S/C13H19N3O3S2/c17-12(9-15-21(18,19)13-2-1-7-20-13)16-10-3-4-11(16)8-14-6-5-10/h1-2,7,10-11,14-15H,3-6,8-9H2. The van der Waals surface area contributed by atoms with Gasteiger partial charge >= 0.3 is 0 Å². The van der Waals surface area contributed by atoms with Crippen LogP contribution >= 0.6 is 11.3 Å². The highest BCUT2D eigenvalue weighted by Crippen LogP contribution is 2.27. The summed E-state index contributed by atoms with van der Waals surface area (Å²) < 4.78 is 26.8. The lowest BCUT2D eigenvalue weighted by Crippen LogP contribution is -2.47. The Bertz CT molecular complexity index is 586. The summed E-state index contributed by atoms with van der Waals surface area (Å²) in [6, 6.07) is 3.68. The van der Waals surface area contributed by atoms with Gasteiger partial charge in [-0.05, 0) is 37.3 Å². The minimum Gasteiger partial charge on any atom is -0.334 e. The van der Waals surface area contributed by atoms with Crippen molar-refractivity contribution < 1.29 is 13.2 Å². The van der Waals surface area contributed by atoms with Crippen LogP contribution in [0.25, 0.3) is 0 Å². The van der Waals surface area contributed by atoms with E-state index in [-0.39, 0.29) is 28.7 Å². The zero-order valence-electron chi connectivity index (χ0n) is 11.6. The van der Waals surface area contributed by atoms with Crippen molar-refractivity contribution in [3.05, 3.63) is 17.5 Å². The zero-order chi connectivity index (χ0) is 14.9. The van der Waals surface area contributed by atoms with Gasteiger partial charge in [0.05, 0.1) is 6.54 Å². The Morgan fingerprint density at radius 2 is 2.19 bits per heavy atom. The Balaban J connectivity index is 1.64. The molecule has 116 valence electrons. The van der Waals surface area contributed by atoms with Crippen LogP contribution in [0.2, 0.25) is 0 Å². The second-order valence-corrected chi connectivity index (χ2v) is 8.38. The van der Waals surface area contributed by atoms with Gasteiger partial charge in [-0.3, -0.25) is 4.79 Å². The van der Waals surface area contributed by atoms with Crippen LogP contribution in [0.4, 0.5) is 0 Å². The molecule has 1 amide bonds. The predicted octanol–water partition coefficient (Wildman–Crippen LogP) is 0.379. The number of nitrogens with one attached hydrogen (secondary N) is 2. The first-order valence-corrected chi connectivity index (χ1v) is 9.49. The number of sulfonamides is 1. The van der Waals surface area contributed by atoms with E-state index >= 15 is 0 Å². The van der Waals surface area contributed by atoms with Crippen LogP contribution in [0.1, 0.15) is 19.3 Å². The van der Waals surface area contributed by atoms with Gasteiger partial charge < -0.3 is 10.2 Å². The summed E-state index contributed by atoms with van der Waals surface area (Å²) in [6.07, 6.45) is 2.97. The number of fused-ring (bicyclic) bond motifs is 2. The molecule has 0 saturated carbocycles. The smallest absolute Gasteiger partial charge is 0.250 e. The summed E-state index contributed by atoms with van der Waals surface area (Å²) in [6.45, 7) is 1.57. The Morgan fingerprint density at radius 3 is 2.95 bits per heavy atom. The molecule has 3 heterocycles. The SMILES string of the molecule is O=C(CNS(=O)(=O)c1cccs1)N1C2CCNCC1CC2. The van der Waals surface area contributed by atoms with E-state index in [0.717, 1.165) is 43.7 Å². The van der Waals surface area contributed by atoms with Gasteiger partial charge in [-0.15, -0.1) is 11.3 Å². The van der Waals surface area contributed by atoms with Crippen molar-refractivity contribution in [1.82, 2.24) is 14.9 Å². The fourth-order valence-corrected chi connectivity index (χ4v) is 5.14. The summed E-state index contributed by atoms with van der Waals surface area (Å²) >= 11 is 1.15. The van der Waals surface area contributed by atoms with Crippen LogP contribution in [0, 0.1) is 0 Å². The first-order valence-electron chi connectivity index (χ1n) is 7.13. The highest BCUT2D eigenvalue weighted by molar-refractivity contribution is 7.91. The van der Waals surface area contributed by atoms with E-state index in [4.69, 9.17) is 0 Å². The molecule has 21 heavy (non-hydrogen) atoms. The third-order valence-electron chi connectivity index (χ3n) is 4.12. The molecule has 0 aliphatic carbocycles. The maximum absolute atomic E-state index is 12.4. The van der Waals surface area contributed by atoms with Gasteiger partial charge in [0.2, 0.25) is 5.91 Å². The van der Waals surface area contributed by atoms with E-state index in [1.165, 1.54) is 6.07 Å². The molecule has 2 bridgehead atoms. The lowest BCUT2D eigenvalue weighted by atomic mass is 10.1. The van der Waals surface area contributed by atoms with E-state index < -0.39 is 10.0 Å². The Kier molecular flexibility index (Phi) is 4.30. The van der Waals surface area contributed by atoms with Crippen molar-refractivity contribution in [1.29, 1.82) is 0 Å². The van der Waals surface area contributed by atoms with Crippen molar-refractivity contribution in [2.24, 2.45) is 0 Å². The van der Waals surface area contributed by atoms with E-state index in [2.05, 4.69) is 10.0 Å². The van der Waals surface area contributed by atoms with E-state index in [9.17, 15) is 13.2 Å². The molecule has 2 unspecified atom stereocenters. The van der Waals surface area contributed by atoms with Crippen LogP contribution in [-0.2, 0) is 14.8 Å². The van der Waals surface area contributed by atoms with E-state index in [1.807, 2.05) is 4.90 Å². The second kappa shape index (κ2) is 6.04. The fraction of sp³-hybridized carbons (Fsp3) is 0.615. The Labute approximate surface area is 128 Å². The lowest BCUT2D eigenvalue weighted by molar-refractivity contribution is -0.132. The maximum Gasteiger partial charge on any atom is 0.250 e. The molecule has 2 fully saturated rings. The normalized spacial score (nSPS) is 25.8. The highest BCUT2D eigenvalue weighted by Gasteiger charge is 2.38. The van der Waals surface area contributed by atoms with Gasteiger partial charge in [0, 0.05) is 18.6 Å². The van der Waals surface area contributed by atoms with E-state index in [1.54, 1.807) is 11.4 Å². The van der Waals surface area contributed by atoms with Crippen LogP contribution < -0.4 is 10.0 Å². The number of carbonyl (C=O) groups excluding carboxylic acids is 1. The molecule has 0 spiro atoms. The summed E-state index contributed by atoms with van der Waals surface area (Å²) in [5, 5.41) is 5.03. The van der Waals surface area contributed by atoms with Crippen molar-refractivity contribution in [3.63, 3.8) is 0 Å². The fourth-order valence-electron chi connectivity index (χ4n) is 3.13. The second-order valence-electron chi connectivity index (χ2n) is 5.44. The number of carbonyl (C=O) groups is 1. The first kappa shape index (κ1) is 15.0. The minimum absolute atomic E-state index is 0.119. The van der Waals surface area contributed by atoms with Gasteiger partial charge in [0.1, 0.15) is 4.21 Å². The molecule has 3 rings (SSSR count). The minimum atomic E-state index is -3.57. The third-order valence-corrected chi connectivity index (χ3v) is 6.91. The van der Waals surface area contributed by atoms with Crippen LogP contribution in [0.3, 0.4) is 0 Å². The lowest BCUT2D eigenvalue weighted by Gasteiger charge is -2.27. The van der Waals surface area contributed by atoms with Gasteiger partial charge in [-0.1, -0.05) is 6.07 Å². The quantitative estimate of drug-likeness (QED) is 0.837. The number of hydrogen-bond acceptors (Lipinski definition) is 5. The largest absolute Gasteiger partial charge is 0.334 e. The molecule has 1 aromatic heterocycles. The highest BCUT2D eigenvalue weighted by atomic mass is 32.2. The van der Waals surface area contributed by atoms with Gasteiger partial charge in [-0.2, -0.15) is 0 Å². The topological polar surface area (TPSA) is 78.5 Å². The first-order chi connectivity index (χ1) is 10.1. The Morgan fingerprint density at radius 1 is 1.38 bits per heavy atom. The molecule has 8 heteroatoms. The molecule has 0 radical (unpaired) electrons. The molecular weight excluding hydrogens is 310 g/mol. The van der Waals surface area contributed by atoms with Gasteiger partial charge in [0.25, 0.3) is 10.0 Å². The van der Waals surface area contributed by atoms with Crippen molar-refractivity contribution >= 4 is 27.3 Å². The summed E-state index contributed by atoms with van der Waals surface area (Å²) in [5.74, 6) is -0.119. The van der Waals surface area contributed by atoms with E-state index in [0.29, 0.717) is 0 Å². The summed E-state index contributed by atoms with van der Waals surface area (Å²) in [5.41, 5.74) is 0. The molecule has 2 atom stereocenters. The molecular formula is C13H19N3O3S2. The molecule has 2 saturated heterocycles. The van der Waals surface area contributed by atoms with Crippen molar-refractivity contribution in [2.45, 2.75) is 35.6 Å². The number of thiophene rings is 1. The van der Waals surface area contributed by atoms with Crippen LogP contribution in [-0.4, -0.2) is 50.9 Å². The molecule has 1 aromatic rings. The molecule has 2 N–H and O–H groups in total. The number of nitrogens with zero attached hydrogens (tertiary/aromatic N) is 1. The van der Waals surface area contributed by atoms with Crippen molar-refractivity contribution in [2.75, 3.05) is 19.6 Å². The van der Waals surface area contributed by atoms with Crippen LogP contribution in [0.15, 0.2) is 21.7 Å². The number of rotatable bonds is 4. The van der Waals surface area contributed by atoms with Gasteiger partial charge in [-0.25, -0.2) is 13.1 Å². The maximum atomic E-state index is 12.4. The monoisotopic (exact) mass is 329 g/mol. The average molecular weight is 329 g/mol. The van der Waals surface area contributed by atoms with Crippen LogP contribution in [0.5, 0.6) is 0 Å².